The van der Waals surface area contributed by atoms with Crippen LogP contribution in [0.5, 0.6) is 0 Å². The summed E-state index contributed by atoms with van der Waals surface area (Å²) in [7, 11) is 2.88. The Labute approximate surface area is 130 Å². The smallest absolute Gasteiger partial charge is 0.407 e. The van der Waals surface area contributed by atoms with Gasteiger partial charge in [-0.1, -0.05) is 13.8 Å². The SMILES string of the molecule is COCCn1cc(NC(=O)C(CC(C)C)NC(=O)OC)cn1. The Morgan fingerprint density at radius 1 is 1.36 bits per heavy atom. The van der Waals surface area contributed by atoms with Crippen molar-refractivity contribution in [1.82, 2.24) is 15.1 Å². The lowest BCUT2D eigenvalue weighted by atomic mass is 10.0. The van der Waals surface area contributed by atoms with Gasteiger partial charge in [0.2, 0.25) is 5.91 Å². The minimum absolute atomic E-state index is 0.248. The summed E-state index contributed by atoms with van der Waals surface area (Å²) in [5, 5.41) is 9.39. The highest BCUT2D eigenvalue weighted by Crippen LogP contribution is 2.10. The van der Waals surface area contributed by atoms with E-state index in [0.717, 1.165) is 0 Å². The number of aromatic nitrogens is 2. The summed E-state index contributed by atoms with van der Waals surface area (Å²) in [6, 6.07) is -0.658. The molecule has 0 bridgehead atoms. The molecule has 1 aromatic rings. The first-order valence-corrected chi connectivity index (χ1v) is 7.13. The molecule has 124 valence electrons. The Morgan fingerprint density at radius 3 is 2.68 bits per heavy atom. The van der Waals surface area contributed by atoms with E-state index in [2.05, 4.69) is 20.5 Å². The van der Waals surface area contributed by atoms with Crippen LogP contribution in [0.2, 0.25) is 0 Å². The number of alkyl carbamates (subject to hydrolysis) is 1. The van der Waals surface area contributed by atoms with E-state index >= 15 is 0 Å². The number of methoxy groups -OCH3 is 2. The second-order valence-electron chi connectivity index (χ2n) is 5.29. The maximum Gasteiger partial charge on any atom is 0.407 e. The lowest BCUT2D eigenvalue weighted by molar-refractivity contribution is -0.118. The summed E-state index contributed by atoms with van der Waals surface area (Å²) in [5.41, 5.74) is 0.571. The average molecular weight is 312 g/mol. The quantitative estimate of drug-likeness (QED) is 0.753. The van der Waals surface area contributed by atoms with Crippen LogP contribution in [-0.4, -0.2) is 48.6 Å². The molecule has 1 heterocycles. The van der Waals surface area contributed by atoms with Crippen molar-refractivity contribution in [3.05, 3.63) is 12.4 Å². The first-order valence-electron chi connectivity index (χ1n) is 7.13. The fourth-order valence-electron chi connectivity index (χ4n) is 1.87. The molecule has 0 saturated carbocycles. The predicted octanol–water partition coefficient (Wildman–Crippen LogP) is 1.24. The molecule has 1 aromatic heterocycles. The van der Waals surface area contributed by atoms with E-state index in [0.29, 0.717) is 25.3 Å². The third-order valence-electron chi connectivity index (χ3n) is 2.93. The van der Waals surface area contributed by atoms with Crippen LogP contribution in [0.4, 0.5) is 10.5 Å². The van der Waals surface area contributed by atoms with Crippen LogP contribution in [0.1, 0.15) is 20.3 Å². The Hall–Kier alpha value is -2.09. The number of anilines is 1. The molecule has 1 unspecified atom stereocenters. The topological polar surface area (TPSA) is 94.5 Å². The summed E-state index contributed by atoms with van der Waals surface area (Å²) < 4.78 is 11.2. The van der Waals surface area contributed by atoms with Crippen molar-refractivity contribution in [2.45, 2.75) is 32.9 Å². The molecule has 0 aliphatic heterocycles. The van der Waals surface area contributed by atoms with E-state index in [1.54, 1.807) is 24.2 Å². The molecule has 0 spiro atoms. The highest BCUT2D eigenvalue weighted by atomic mass is 16.5. The summed E-state index contributed by atoms with van der Waals surface area (Å²) in [5.74, 6) is -0.0530. The molecule has 1 rings (SSSR count). The van der Waals surface area contributed by atoms with Crippen LogP contribution >= 0.6 is 0 Å². The molecule has 2 amide bonds. The number of hydrogen-bond donors (Lipinski definition) is 2. The summed E-state index contributed by atoms with van der Waals surface area (Å²) in [6.45, 7) is 5.08. The molecule has 0 aliphatic carbocycles. The van der Waals surface area contributed by atoms with Crippen LogP contribution in [0.15, 0.2) is 12.4 Å². The Morgan fingerprint density at radius 2 is 2.09 bits per heavy atom. The van der Waals surface area contributed by atoms with Gasteiger partial charge in [0.15, 0.2) is 0 Å². The van der Waals surface area contributed by atoms with Gasteiger partial charge in [0, 0.05) is 13.3 Å². The van der Waals surface area contributed by atoms with E-state index < -0.39 is 12.1 Å². The standard InChI is InChI=1S/C14H24N4O4/c1-10(2)7-12(17-14(20)22-4)13(19)16-11-8-15-18(9-11)5-6-21-3/h8-10,12H,5-7H2,1-4H3,(H,16,19)(H,17,20). The second kappa shape index (κ2) is 9.04. The maximum absolute atomic E-state index is 12.3. The molecule has 8 nitrogen and oxygen atoms in total. The van der Waals surface area contributed by atoms with E-state index in [9.17, 15) is 9.59 Å². The van der Waals surface area contributed by atoms with Gasteiger partial charge in [-0.3, -0.25) is 9.48 Å². The van der Waals surface area contributed by atoms with Crippen molar-refractivity contribution < 1.29 is 19.1 Å². The molecule has 0 radical (unpaired) electrons. The van der Waals surface area contributed by atoms with Crippen molar-refractivity contribution in [3.8, 4) is 0 Å². The molecule has 1 atom stereocenters. The number of nitrogens with zero attached hydrogens (tertiary/aromatic N) is 2. The van der Waals surface area contributed by atoms with Gasteiger partial charge in [-0.15, -0.1) is 0 Å². The molecular weight excluding hydrogens is 288 g/mol. The van der Waals surface area contributed by atoms with Gasteiger partial charge in [0.05, 0.1) is 32.1 Å². The zero-order chi connectivity index (χ0) is 16.5. The van der Waals surface area contributed by atoms with Gasteiger partial charge in [0.1, 0.15) is 6.04 Å². The Kier molecular flexibility index (Phi) is 7.38. The largest absolute Gasteiger partial charge is 0.453 e. The molecule has 8 heteroatoms. The zero-order valence-electron chi connectivity index (χ0n) is 13.5. The minimum atomic E-state index is -0.658. The number of ether oxygens (including phenoxy) is 2. The molecule has 22 heavy (non-hydrogen) atoms. The lowest BCUT2D eigenvalue weighted by Crippen LogP contribution is -2.44. The van der Waals surface area contributed by atoms with Gasteiger partial charge in [-0.2, -0.15) is 5.10 Å². The van der Waals surface area contributed by atoms with Crippen molar-refractivity contribution in [2.24, 2.45) is 5.92 Å². The summed E-state index contributed by atoms with van der Waals surface area (Å²) >= 11 is 0. The average Bonchev–Trinajstić information content (AvgIpc) is 2.91. The normalized spacial score (nSPS) is 12.0. The van der Waals surface area contributed by atoms with Crippen LogP contribution < -0.4 is 10.6 Å². The van der Waals surface area contributed by atoms with E-state index in [1.807, 2.05) is 13.8 Å². The first kappa shape index (κ1) is 18.0. The Bertz CT molecular complexity index is 487. The van der Waals surface area contributed by atoms with Gasteiger partial charge in [0.25, 0.3) is 0 Å². The molecule has 0 fully saturated rings. The predicted molar refractivity (Wildman–Crippen MR) is 81.5 cm³/mol. The molecule has 0 aliphatic rings. The highest BCUT2D eigenvalue weighted by Gasteiger charge is 2.22. The number of rotatable bonds is 8. The van der Waals surface area contributed by atoms with Crippen LogP contribution in [0.25, 0.3) is 0 Å². The minimum Gasteiger partial charge on any atom is -0.453 e. The number of carbonyl (C=O) groups is 2. The number of amides is 2. The molecule has 0 aromatic carbocycles. The summed E-state index contributed by atoms with van der Waals surface area (Å²) in [4.78, 5) is 23.6. The highest BCUT2D eigenvalue weighted by molar-refractivity contribution is 5.96. The van der Waals surface area contributed by atoms with Gasteiger partial charge in [-0.25, -0.2) is 4.79 Å². The number of carbonyl (C=O) groups excluding carboxylic acids is 2. The summed E-state index contributed by atoms with van der Waals surface area (Å²) in [6.07, 6.45) is 3.15. The fraction of sp³-hybridized carbons (Fsp3) is 0.643. The number of nitrogens with one attached hydrogen (secondary N) is 2. The third kappa shape index (κ3) is 6.13. The first-order chi connectivity index (χ1) is 10.5. The molecule has 0 saturated heterocycles. The van der Waals surface area contributed by atoms with E-state index in [1.165, 1.54) is 7.11 Å². The monoisotopic (exact) mass is 312 g/mol. The van der Waals surface area contributed by atoms with E-state index in [-0.39, 0.29) is 11.8 Å². The number of hydrogen-bond acceptors (Lipinski definition) is 5. The van der Waals surface area contributed by atoms with Crippen molar-refractivity contribution in [1.29, 1.82) is 0 Å². The molecular formula is C14H24N4O4. The van der Waals surface area contributed by atoms with Crippen LogP contribution in [0, 0.1) is 5.92 Å². The van der Waals surface area contributed by atoms with Crippen LogP contribution in [-0.2, 0) is 20.8 Å². The van der Waals surface area contributed by atoms with Crippen molar-refractivity contribution in [3.63, 3.8) is 0 Å². The fourth-order valence-corrected chi connectivity index (χ4v) is 1.87. The van der Waals surface area contributed by atoms with Gasteiger partial charge in [-0.05, 0) is 12.3 Å². The Balaban J connectivity index is 2.64. The van der Waals surface area contributed by atoms with Gasteiger partial charge >= 0.3 is 6.09 Å². The van der Waals surface area contributed by atoms with Crippen molar-refractivity contribution in [2.75, 3.05) is 26.1 Å². The third-order valence-corrected chi connectivity index (χ3v) is 2.93. The second-order valence-corrected chi connectivity index (χ2v) is 5.29. The zero-order valence-corrected chi connectivity index (χ0v) is 13.5. The van der Waals surface area contributed by atoms with E-state index in [4.69, 9.17) is 4.74 Å². The van der Waals surface area contributed by atoms with Gasteiger partial charge < -0.3 is 20.1 Å². The lowest BCUT2D eigenvalue weighted by Gasteiger charge is -2.18. The van der Waals surface area contributed by atoms with Crippen LogP contribution in [0.3, 0.4) is 0 Å². The van der Waals surface area contributed by atoms with Crippen molar-refractivity contribution >= 4 is 17.7 Å². The molecule has 2 N–H and O–H groups in total. The maximum atomic E-state index is 12.3.